The van der Waals surface area contributed by atoms with Gasteiger partial charge in [0, 0.05) is 29.1 Å². The van der Waals surface area contributed by atoms with Crippen LogP contribution in [-0.4, -0.2) is 6.54 Å². The van der Waals surface area contributed by atoms with Crippen LogP contribution in [0.15, 0.2) is 23.3 Å². The molecule has 7 heteroatoms. The summed E-state index contributed by atoms with van der Waals surface area (Å²) in [5, 5.41) is 3.22. The molecule has 18 heavy (non-hydrogen) atoms. The molecule has 0 saturated carbocycles. The van der Waals surface area contributed by atoms with Gasteiger partial charge in [0.25, 0.3) is 0 Å². The zero-order valence-corrected chi connectivity index (χ0v) is 9.20. The Morgan fingerprint density at radius 1 is 1.39 bits per heavy atom. The predicted octanol–water partition coefficient (Wildman–Crippen LogP) is 3.34. The highest BCUT2D eigenvalue weighted by atomic mass is 19.4. The van der Waals surface area contributed by atoms with Crippen LogP contribution in [0.2, 0.25) is 0 Å². The molecule has 0 unspecified atom stereocenters. The van der Waals surface area contributed by atoms with E-state index < -0.39 is 11.7 Å². The minimum atomic E-state index is -4.47. The number of azide groups is 1. The van der Waals surface area contributed by atoms with Crippen molar-refractivity contribution >= 4 is 5.69 Å². The van der Waals surface area contributed by atoms with Crippen LogP contribution in [-0.2, 0) is 6.18 Å². The summed E-state index contributed by atoms with van der Waals surface area (Å²) in [6.07, 6.45) is -4.28. The Bertz CT molecular complexity index is 533. The van der Waals surface area contributed by atoms with E-state index in [4.69, 9.17) is 11.3 Å². The van der Waals surface area contributed by atoms with Gasteiger partial charge in [-0.15, -0.1) is 0 Å². The van der Waals surface area contributed by atoms with Gasteiger partial charge in [0.05, 0.1) is 5.56 Å². The number of nitrogens with two attached hydrogens (primary N) is 1. The highest BCUT2D eigenvalue weighted by Gasteiger charge is 2.32. The monoisotopic (exact) mass is 254 g/mol. The Morgan fingerprint density at radius 2 is 2.11 bits per heavy atom. The first-order valence-corrected chi connectivity index (χ1v) is 4.91. The highest BCUT2D eigenvalue weighted by molar-refractivity contribution is 5.52. The molecule has 0 aliphatic heterocycles. The summed E-state index contributed by atoms with van der Waals surface area (Å²) < 4.78 is 37.9. The lowest BCUT2D eigenvalue weighted by Crippen LogP contribution is -2.08. The molecule has 0 radical (unpaired) electrons. The van der Waals surface area contributed by atoms with Gasteiger partial charge in [-0.1, -0.05) is 17.0 Å². The maximum Gasteiger partial charge on any atom is 0.417 e. The van der Waals surface area contributed by atoms with Gasteiger partial charge in [-0.3, -0.25) is 0 Å². The minimum absolute atomic E-state index is 0.118. The van der Waals surface area contributed by atoms with E-state index in [2.05, 4.69) is 21.9 Å². The molecule has 0 aromatic heterocycles. The largest absolute Gasteiger partial charge is 0.417 e. The fourth-order valence-electron chi connectivity index (χ4n) is 1.22. The van der Waals surface area contributed by atoms with Crippen LogP contribution >= 0.6 is 0 Å². The number of halogens is 3. The van der Waals surface area contributed by atoms with Crippen molar-refractivity contribution in [3.8, 4) is 11.8 Å². The summed E-state index contributed by atoms with van der Waals surface area (Å²) in [7, 11) is 0. The van der Waals surface area contributed by atoms with E-state index in [1.807, 2.05) is 0 Å². The number of alkyl halides is 3. The fraction of sp³-hybridized carbons (Fsp3) is 0.273. The van der Waals surface area contributed by atoms with Crippen LogP contribution in [0, 0.1) is 11.8 Å². The average molecular weight is 254 g/mol. The van der Waals surface area contributed by atoms with Gasteiger partial charge in [0.1, 0.15) is 0 Å². The zero-order chi connectivity index (χ0) is 13.6. The van der Waals surface area contributed by atoms with E-state index in [1.165, 1.54) is 12.1 Å². The van der Waals surface area contributed by atoms with Gasteiger partial charge in [-0.2, -0.15) is 13.2 Å². The Labute approximate surface area is 101 Å². The summed E-state index contributed by atoms with van der Waals surface area (Å²) in [6.45, 7) is 0.118. The third-order valence-electron chi connectivity index (χ3n) is 1.97. The van der Waals surface area contributed by atoms with Crippen molar-refractivity contribution < 1.29 is 13.2 Å². The average Bonchev–Trinajstić information content (AvgIpc) is 2.27. The first-order chi connectivity index (χ1) is 8.45. The number of anilines is 1. The standard InChI is InChI=1S/C11H9F3N4/c12-11(13,14)10-5-4-9(15)7-8(10)3-1-2-6-17-18-16/h4-5,7H,2,6,15H2. The molecule has 0 amide bonds. The van der Waals surface area contributed by atoms with Crippen molar-refractivity contribution in [2.75, 3.05) is 12.3 Å². The molecule has 0 fully saturated rings. The minimum Gasteiger partial charge on any atom is -0.399 e. The lowest BCUT2D eigenvalue weighted by atomic mass is 10.1. The summed E-state index contributed by atoms with van der Waals surface area (Å²) in [6, 6.07) is 3.24. The molecule has 0 atom stereocenters. The quantitative estimate of drug-likeness (QED) is 0.215. The Balaban J connectivity index is 2.99. The van der Waals surface area contributed by atoms with E-state index in [-0.39, 0.29) is 24.2 Å². The summed E-state index contributed by atoms with van der Waals surface area (Å²) >= 11 is 0. The fourth-order valence-corrected chi connectivity index (χ4v) is 1.22. The van der Waals surface area contributed by atoms with Gasteiger partial charge in [0.15, 0.2) is 0 Å². The van der Waals surface area contributed by atoms with E-state index >= 15 is 0 Å². The van der Waals surface area contributed by atoms with Crippen LogP contribution in [0.4, 0.5) is 18.9 Å². The van der Waals surface area contributed by atoms with Crippen LogP contribution in [0.25, 0.3) is 10.4 Å². The second-order valence-corrected chi connectivity index (χ2v) is 3.31. The summed E-state index contributed by atoms with van der Waals surface area (Å²) in [5.41, 5.74) is 12.6. The van der Waals surface area contributed by atoms with Gasteiger partial charge >= 0.3 is 6.18 Å². The highest BCUT2D eigenvalue weighted by Crippen LogP contribution is 2.32. The third-order valence-corrected chi connectivity index (χ3v) is 1.97. The van der Waals surface area contributed by atoms with Gasteiger partial charge in [-0.25, -0.2) is 0 Å². The first-order valence-electron chi connectivity index (χ1n) is 4.91. The molecule has 0 saturated heterocycles. The van der Waals surface area contributed by atoms with E-state index in [0.717, 1.165) is 6.07 Å². The predicted molar refractivity (Wildman–Crippen MR) is 61.4 cm³/mol. The van der Waals surface area contributed by atoms with Gasteiger partial charge in [0.2, 0.25) is 0 Å². The molecular formula is C11H9F3N4. The van der Waals surface area contributed by atoms with Crippen molar-refractivity contribution in [1.82, 2.24) is 0 Å². The molecule has 1 aromatic rings. The topological polar surface area (TPSA) is 74.8 Å². The smallest absolute Gasteiger partial charge is 0.399 e. The number of hydrogen-bond acceptors (Lipinski definition) is 2. The van der Waals surface area contributed by atoms with Crippen molar-refractivity contribution in [3.05, 3.63) is 39.8 Å². The van der Waals surface area contributed by atoms with Crippen molar-refractivity contribution in [3.63, 3.8) is 0 Å². The first kappa shape index (κ1) is 13.7. The summed E-state index contributed by atoms with van der Waals surface area (Å²) in [5.74, 6) is 4.89. The van der Waals surface area contributed by atoms with E-state index in [0.29, 0.717) is 0 Å². The third kappa shape index (κ3) is 3.92. The van der Waals surface area contributed by atoms with Crippen LogP contribution in [0.1, 0.15) is 17.5 Å². The molecule has 0 bridgehead atoms. The van der Waals surface area contributed by atoms with E-state index in [1.54, 1.807) is 0 Å². The Morgan fingerprint density at radius 3 is 2.72 bits per heavy atom. The molecule has 0 aliphatic carbocycles. The molecule has 1 aromatic carbocycles. The maximum absolute atomic E-state index is 12.6. The molecule has 0 spiro atoms. The van der Waals surface area contributed by atoms with E-state index in [9.17, 15) is 13.2 Å². The second-order valence-electron chi connectivity index (χ2n) is 3.31. The Hall–Kier alpha value is -2.32. The zero-order valence-electron chi connectivity index (χ0n) is 9.20. The van der Waals surface area contributed by atoms with Crippen LogP contribution in [0.3, 0.4) is 0 Å². The number of nitrogens with zero attached hydrogens (tertiary/aromatic N) is 3. The van der Waals surface area contributed by atoms with Crippen molar-refractivity contribution in [1.29, 1.82) is 0 Å². The number of hydrogen-bond donors (Lipinski definition) is 1. The lowest BCUT2D eigenvalue weighted by Gasteiger charge is -2.09. The SMILES string of the molecule is [N-]=[N+]=NCCC#Cc1cc(N)ccc1C(F)(F)F. The molecule has 0 aliphatic rings. The molecule has 94 valence electrons. The second kappa shape index (κ2) is 5.84. The van der Waals surface area contributed by atoms with Crippen molar-refractivity contribution in [2.24, 2.45) is 5.11 Å². The Kier molecular flexibility index (Phi) is 4.46. The summed E-state index contributed by atoms with van der Waals surface area (Å²) in [4.78, 5) is 2.51. The number of rotatable bonds is 2. The van der Waals surface area contributed by atoms with Gasteiger partial charge < -0.3 is 5.73 Å². The van der Waals surface area contributed by atoms with Crippen molar-refractivity contribution in [2.45, 2.75) is 12.6 Å². The lowest BCUT2D eigenvalue weighted by molar-refractivity contribution is -0.137. The molecule has 4 nitrogen and oxygen atoms in total. The molecular weight excluding hydrogens is 245 g/mol. The van der Waals surface area contributed by atoms with Gasteiger partial charge in [-0.05, 0) is 23.7 Å². The van der Waals surface area contributed by atoms with Crippen LogP contribution in [0.5, 0.6) is 0 Å². The maximum atomic E-state index is 12.6. The normalized spacial score (nSPS) is 10.2. The molecule has 2 N–H and O–H groups in total. The molecule has 0 heterocycles. The van der Waals surface area contributed by atoms with Crippen LogP contribution < -0.4 is 5.73 Å². The molecule has 1 rings (SSSR count). The number of nitrogen functional groups attached to an aromatic ring is 1. The number of benzene rings is 1.